The van der Waals surface area contributed by atoms with Crippen molar-refractivity contribution in [3.8, 4) is 0 Å². The molecule has 2 rings (SSSR count). The van der Waals surface area contributed by atoms with Gasteiger partial charge >= 0.3 is 12.1 Å². The minimum atomic E-state index is -0.979. The Hall–Kier alpha value is -1.11. The number of likely N-dealkylation sites (tertiary alicyclic amines) is 1. The molecule has 2 heterocycles. The highest BCUT2D eigenvalue weighted by Gasteiger charge is 2.27. The van der Waals surface area contributed by atoms with Gasteiger partial charge in [0.1, 0.15) is 0 Å². The summed E-state index contributed by atoms with van der Waals surface area (Å²) in [5.74, 6) is 2.03. The number of thioether (sulfide) groups is 1. The summed E-state index contributed by atoms with van der Waals surface area (Å²) in [5.41, 5.74) is 0. The Morgan fingerprint density at radius 2 is 1.61 bits per heavy atom. The standard InChI is InChI=1S/C11H19N3O3S/c15-10(16)12-9-1-3-13(4-2-9)11(17)14-5-7-18-8-6-14/h9,12H,1-8H2,(H,15,16). The van der Waals surface area contributed by atoms with Crippen LogP contribution in [0.4, 0.5) is 9.59 Å². The number of carboxylic acid groups (broad SMARTS) is 1. The van der Waals surface area contributed by atoms with Crippen LogP contribution >= 0.6 is 11.8 Å². The molecule has 0 radical (unpaired) electrons. The van der Waals surface area contributed by atoms with Gasteiger partial charge in [0, 0.05) is 43.7 Å². The molecular weight excluding hydrogens is 254 g/mol. The molecule has 0 spiro atoms. The first-order valence-corrected chi connectivity index (χ1v) is 7.43. The fourth-order valence-electron chi connectivity index (χ4n) is 2.34. The highest BCUT2D eigenvalue weighted by Crippen LogP contribution is 2.15. The van der Waals surface area contributed by atoms with Crippen molar-refractivity contribution in [2.45, 2.75) is 18.9 Å². The van der Waals surface area contributed by atoms with Crippen LogP contribution < -0.4 is 5.32 Å². The minimum absolute atomic E-state index is 0.0107. The lowest BCUT2D eigenvalue weighted by Gasteiger charge is -2.36. The molecule has 0 aromatic rings. The summed E-state index contributed by atoms with van der Waals surface area (Å²) in [4.78, 5) is 26.5. The summed E-state index contributed by atoms with van der Waals surface area (Å²) in [6.45, 7) is 2.95. The van der Waals surface area contributed by atoms with Crippen LogP contribution in [0.5, 0.6) is 0 Å². The van der Waals surface area contributed by atoms with E-state index in [1.807, 2.05) is 21.6 Å². The minimum Gasteiger partial charge on any atom is -0.465 e. The molecule has 2 saturated heterocycles. The number of carbonyl (C=O) groups is 2. The fraction of sp³-hybridized carbons (Fsp3) is 0.818. The SMILES string of the molecule is O=C(O)NC1CCN(C(=O)N2CCSCC2)CC1. The monoisotopic (exact) mass is 273 g/mol. The summed E-state index contributed by atoms with van der Waals surface area (Å²) in [6, 6.07) is 0.104. The molecule has 102 valence electrons. The van der Waals surface area contributed by atoms with Gasteiger partial charge in [0.15, 0.2) is 0 Å². The first-order chi connectivity index (χ1) is 8.66. The first kappa shape index (κ1) is 13.3. The summed E-state index contributed by atoms with van der Waals surface area (Å²) < 4.78 is 0. The van der Waals surface area contributed by atoms with Gasteiger partial charge in [-0.25, -0.2) is 9.59 Å². The van der Waals surface area contributed by atoms with E-state index < -0.39 is 6.09 Å². The van der Waals surface area contributed by atoms with Crippen LogP contribution in [-0.2, 0) is 0 Å². The van der Waals surface area contributed by atoms with E-state index in [-0.39, 0.29) is 12.1 Å². The molecule has 3 amide bonds. The molecule has 0 aliphatic carbocycles. The van der Waals surface area contributed by atoms with Gasteiger partial charge in [-0.3, -0.25) is 0 Å². The molecule has 0 bridgehead atoms. The summed E-state index contributed by atoms with van der Waals surface area (Å²) in [7, 11) is 0. The van der Waals surface area contributed by atoms with Crippen LogP contribution in [0.25, 0.3) is 0 Å². The van der Waals surface area contributed by atoms with Crippen molar-refractivity contribution >= 4 is 23.9 Å². The molecule has 0 aromatic heterocycles. The van der Waals surface area contributed by atoms with E-state index in [0.29, 0.717) is 25.9 Å². The third-order valence-corrected chi connectivity index (χ3v) is 4.32. The van der Waals surface area contributed by atoms with Gasteiger partial charge in [-0.2, -0.15) is 11.8 Å². The third-order valence-electron chi connectivity index (χ3n) is 3.37. The zero-order valence-corrected chi connectivity index (χ0v) is 11.1. The van der Waals surface area contributed by atoms with E-state index in [0.717, 1.165) is 24.6 Å². The predicted octanol–water partition coefficient (Wildman–Crippen LogP) is 0.887. The van der Waals surface area contributed by atoms with Crippen LogP contribution in [0.2, 0.25) is 0 Å². The normalized spacial score (nSPS) is 21.8. The second-order valence-corrected chi connectivity index (χ2v) is 5.82. The molecule has 18 heavy (non-hydrogen) atoms. The van der Waals surface area contributed by atoms with Gasteiger partial charge in [0.2, 0.25) is 0 Å². The summed E-state index contributed by atoms with van der Waals surface area (Å²) in [6.07, 6.45) is 0.439. The Kier molecular flexibility index (Phi) is 4.57. The van der Waals surface area contributed by atoms with Gasteiger partial charge in [0.25, 0.3) is 0 Å². The molecular formula is C11H19N3O3S. The summed E-state index contributed by atoms with van der Waals surface area (Å²) >= 11 is 1.88. The Balaban J connectivity index is 1.78. The molecule has 6 nitrogen and oxygen atoms in total. The number of hydrogen-bond acceptors (Lipinski definition) is 3. The largest absolute Gasteiger partial charge is 0.465 e. The topological polar surface area (TPSA) is 72.9 Å². The highest BCUT2D eigenvalue weighted by molar-refractivity contribution is 7.99. The number of amides is 3. The number of hydrogen-bond donors (Lipinski definition) is 2. The molecule has 0 unspecified atom stereocenters. The van der Waals surface area contributed by atoms with E-state index in [9.17, 15) is 9.59 Å². The van der Waals surface area contributed by atoms with Gasteiger partial charge in [-0.05, 0) is 12.8 Å². The van der Waals surface area contributed by atoms with Crippen molar-refractivity contribution in [3.05, 3.63) is 0 Å². The third kappa shape index (κ3) is 3.44. The van der Waals surface area contributed by atoms with Crippen LogP contribution in [0.15, 0.2) is 0 Å². The fourth-order valence-corrected chi connectivity index (χ4v) is 3.25. The predicted molar refractivity (Wildman–Crippen MR) is 70.0 cm³/mol. The number of urea groups is 1. The Morgan fingerprint density at radius 3 is 2.17 bits per heavy atom. The van der Waals surface area contributed by atoms with Crippen LogP contribution in [0, 0.1) is 0 Å². The van der Waals surface area contributed by atoms with Crippen molar-refractivity contribution in [2.24, 2.45) is 0 Å². The number of carbonyl (C=O) groups excluding carboxylic acids is 1. The average Bonchev–Trinajstić information content (AvgIpc) is 2.39. The van der Waals surface area contributed by atoms with Gasteiger partial charge in [-0.1, -0.05) is 0 Å². The maximum Gasteiger partial charge on any atom is 0.404 e. The molecule has 2 N–H and O–H groups in total. The van der Waals surface area contributed by atoms with Gasteiger partial charge < -0.3 is 20.2 Å². The molecule has 0 aromatic carbocycles. The summed E-state index contributed by atoms with van der Waals surface area (Å²) in [5, 5.41) is 11.1. The molecule has 2 fully saturated rings. The maximum absolute atomic E-state index is 12.2. The molecule has 2 aliphatic heterocycles. The molecule has 7 heteroatoms. The first-order valence-electron chi connectivity index (χ1n) is 6.28. The lowest BCUT2D eigenvalue weighted by Crippen LogP contribution is -2.52. The lowest BCUT2D eigenvalue weighted by atomic mass is 10.1. The van der Waals surface area contributed by atoms with Crippen LogP contribution in [-0.4, -0.2) is 70.8 Å². The van der Waals surface area contributed by atoms with Gasteiger partial charge in [-0.15, -0.1) is 0 Å². The highest BCUT2D eigenvalue weighted by atomic mass is 32.2. The number of nitrogens with zero attached hydrogens (tertiary/aromatic N) is 2. The van der Waals surface area contributed by atoms with E-state index in [4.69, 9.17) is 5.11 Å². The van der Waals surface area contributed by atoms with Crippen molar-refractivity contribution in [2.75, 3.05) is 37.7 Å². The smallest absolute Gasteiger partial charge is 0.404 e. The molecule has 2 aliphatic rings. The second-order valence-electron chi connectivity index (χ2n) is 4.59. The number of nitrogens with one attached hydrogen (secondary N) is 1. The van der Waals surface area contributed by atoms with E-state index >= 15 is 0 Å². The van der Waals surface area contributed by atoms with Crippen molar-refractivity contribution in [1.29, 1.82) is 0 Å². The Labute approximate surface area is 111 Å². The molecule has 0 saturated carbocycles. The molecule has 0 atom stereocenters. The van der Waals surface area contributed by atoms with Crippen LogP contribution in [0.3, 0.4) is 0 Å². The maximum atomic E-state index is 12.2. The van der Waals surface area contributed by atoms with E-state index in [1.165, 1.54) is 0 Å². The van der Waals surface area contributed by atoms with E-state index in [1.54, 1.807) is 0 Å². The zero-order chi connectivity index (χ0) is 13.0. The van der Waals surface area contributed by atoms with Crippen molar-refractivity contribution < 1.29 is 14.7 Å². The van der Waals surface area contributed by atoms with Crippen molar-refractivity contribution in [3.63, 3.8) is 0 Å². The Bertz CT molecular complexity index is 313. The van der Waals surface area contributed by atoms with Crippen molar-refractivity contribution in [1.82, 2.24) is 15.1 Å². The van der Waals surface area contributed by atoms with E-state index in [2.05, 4.69) is 5.32 Å². The second kappa shape index (κ2) is 6.17. The number of rotatable bonds is 1. The number of piperidine rings is 1. The average molecular weight is 273 g/mol. The lowest BCUT2D eigenvalue weighted by molar-refractivity contribution is 0.138. The van der Waals surface area contributed by atoms with Crippen LogP contribution in [0.1, 0.15) is 12.8 Å². The zero-order valence-electron chi connectivity index (χ0n) is 10.3. The van der Waals surface area contributed by atoms with Gasteiger partial charge in [0.05, 0.1) is 0 Å². The quantitative estimate of drug-likeness (QED) is 0.744. The Morgan fingerprint density at radius 1 is 1.06 bits per heavy atom.